The monoisotopic (exact) mass is 314 g/mol. The standard InChI is InChI=1S/C20H26O3/c1-6-13-12(2)14(21)11-16-19(5)9-8-17(22)18(3,4)15(19)7-10-20(13,16)23/h6,11,15,23H,1,7-10H2,2-5H3/t15-,19-,20+/m1/s1. The first-order chi connectivity index (χ1) is 10.6. The second-order valence-corrected chi connectivity index (χ2v) is 8.18. The predicted octanol–water partition coefficient (Wildman–Crippen LogP) is 3.53. The normalized spacial score (nSPS) is 39.5. The zero-order valence-electron chi connectivity index (χ0n) is 14.5. The van der Waals surface area contributed by atoms with Crippen LogP contribution in [0.3, 0.4) is 0 Å². The molecule has 0 saturated heterocycles. The Kier molecular flexibility index (Phi) is 3.39. The Morgan fingerprint density at radius 3 is 2.52 bits per heavy atom. The number of aliphatic hydroxyl groups is 1. The van der Waals surface area contributed by atoms with Gasteiger partial charge >= 0.3 is 0 Å². The Morgan fingerprint density at radius 2 is 1.91 bits per heavy atom. The van der Waals surface area contributed by atoms with Crippen LogP contribution in [-0.2, 0) is 9.59 Å². The highest BCUT2D eigenvalue weighted by Gasteiger charge is 2.60. The first kappa shape index (κ1) is 16.4. The molecule has 3 nitrogen and oxygen atoms in total. The molecular weight excluding hydrogens is 288 g/mol. The number of allylic oxidation sites excluding steroid dienone is 2. The van der Waals surface area contributed by atoms with Crippen molar-refractivity contribution in [1.82, 2.24) is 0 Å². The number of ketones is 2. The van der Waals surface area contributed by atoms with Gasteiger partial charge in [0.2, 0.25) is 0 Å². The van der Waals surface area contributed by atoms with E-state index in [1.165, 1.54) is 0 Å². The first-order valence-electron chi connectivity index (χ1n) is 8.45. The largest absolute Gasteiger partial charge is 0.381 e. The van der Waals surface area contributed by atoms with Gasteiger partial charge in [-0.05, 0) is 54.7 Å². The minimum atomic E-state index is -1.11. The maximum Gasteiger partial charge on any atom is 0.182 e. The smallest absolute Gasteiger partial charge is 0.182 e. The molecular formula is C20H26O3. The summed E-state index contributed by atoms with van der Waals surface area (Å²) in [7, 11) is 0. The molecule has 3 aliphatic carbocycles. The number of fused-ring (bicyclic) bond motifs is 3. The lowest BCUT2D eigenvalue weighted by Gasteiger charge is -2.59. The number of Topliss-reactive ketones (excluding diaryl/α,β-unsaturated/α-hetero) is 1. The van der Waals surface area contributed by atoms with Crippen molar-refractivity contribution >= 4 is 11.6 Å². The molecule has 3 rings (SSSR count). The molecule has 2 fully saturated rings. The van der Waals surface area contributed by atoms with E-state index in [2.05, 4.69) is 13.5 Å². The van der Waals surface area contributed by atoms with E-state index in [1.807, 2.05) is 13.8 Å². The van der Waals surface area contributed by atoms with Crippen molar-refractivity contribution in [2.24, 2.45) is 16.7 Å². The van der Waals surface area contributed by atoms with Crippen molar-refractivity contribution in [1.29, 1.82) is 0 Å². The van der Waals surface area contributed by atoms with Gasteiger partial charge in [-0.25, -0.2) is 0 Å². The van der Waals surface area contributed by atoms with Crippen molar-refractivity contribution < 1.29 is 14.7 Å². The average Bonchev–Trinajstić information content (AvgIpc) is 2.47. The van der Waals surface area contributed by atoms with Crippen molar-refractivity contribution in [2.45, 2.75) is 59.0 Å². The van der Waals surface area contributed by atoms with Crippen molar-refractivity contribution in [3.05, 3.63) is 35.5 Å². The van der Waals surface area contributed by atoms with Gasteiger partial charge in [0.25, 0.3) is 0 Å². The van der Waals surface area contributed by atoms with Gasteiger partial charge in [0, 0.05) is 17.4 Å². The molecule has 0 amide bonds. The van der Waals surface area contributed by atoms with Crippen LogP contribution in [0.2, 0.25) is 0 Å². The van der Waals surface area contributed by atoms with Crippen LogP contribution in [0.4, 0.5) is 0 Å². The maximum atomic E-state index is 12.4. The van der Waals surface area contributed by atoms with Crippen LogP contribution in [0.25, 0.3) is 0 Å². The predicted molar refractivity (Wildman–Crippen MR) is 89.8 cm³/mol. The van der Waals surface area contributed by atoms with Gasteiger partial charge in [-0.15, -0.1) is 0 Å². The maximum absolute atomic E-state index is 12.4. The molecule has 3 atom stereocenters. The van der Waals surface area contributed by atoms with E-state index in [9.17, 15) is 14.7 Å². The van der Waals surface area contributed by atoms with Crippen LogP contribution in [0.1, 0.15) is 53.4 Å². The van der Waals surface area contributed by atoms with E-state index in [1.54, 1.807) is 19.1 Å². The molecule has 0 radical (unpaired) electrons. The highest BCUT2D eigenvalue weighted by molar-refractivity contribution is 6.07. The Labute approximate surface area is 138 Å². The Bertz CT molecular complexity index is 679. The quantitative estimate of drug-likeness (QED) is 0.805. The molecule has 0 aromatic rings. The van der Waals surface area contributed by atoms with E-state index in [4.69, 9.17) is 0 Å². The van der Waals surface area contributed by atoms with Crippen LogP contribution in [0, 0.1) is 16.7 Å². The van der Waals surface area contributed by atoms with E-state index in [-0.39, 0.29) is 17.1 Å². The van der Waals surface area contributed by atoms with Gasteiger partial charge in [0.1, 0.15) is 11.4 Å². The van der Waals surface area contributed by atoms with Crippen molar-refractivity contribution in [3.63, 3.8) is 0 Å². The van der Waals surface area contributed by atoms with Gasteiger partial charge in [-0.2, -0.15) is 0 Å². The number of carbonyl (C=O) groups excluding carboxylic acids is 2. The molecule has 3 aliphatic rings. The van der Waals surface area contributed by atoms with Gasteiger partial charge < -0.3 is 5.11 Å². The third kappa shape index (κ3) is 1.92. The first-order valence-corrected chi connectivity index (χ1v) is 8.45. The molecule has 0 bridgehead atoms. The third-order valence-electron chi connectivity index (χ3n) is 6.78. The molecule has 0 aromatic heterocycles. The molecule has 1 N–H and O–H groups in total. The fraction of sp³-hybridized carbons (Fsp3) is 0.600. The molecule has 3 heteroatoms. The lowest BCUT2D eigenvalue weighted by atomic mass is 9.45. The summed E-state index contributed by atoms with van der Waals surface area (Å²) in [6.07, 6.45) is 5.80. The van der Waals surface area contributed by atoms with Crippen LogP contribution in [0.15, 0.2) is 35.5 Å². The fourth-order valence-corrected chi connectivity index (χ4v) is 5.39. The van der Waals surface area contributed by atoms with E-state index < -0.39 is 11.0 Å². The summed E-state index contributed by atoms with van der Waals surface area (Å²) in [6.45, 7) is 11.7. The summed E-state index contributed by atoms with van der Waals surface area (Å²) in [6, 6.07) is 0. The topological polar surface area (TPSA) is 54.4 Å². The number of rotatable bonds is 1. The van der Waals surface area contributed by atoms with Gasteiger partial charge in [0.05, 0.1) is 0 Å². The average molecular weight is 314 g/mol. The van der Waals surface area contributed by atoms with Crippen LogP contribution in [-0.4, -0.2) is 22.3 Å². The molecule has 0 aromatic carbocycles. The Hall–Kier alpha value is -1.48. The van der Waals surface area contributed by atoms with Gasteiger partial charge in [-0.1, -0.05) is 33.4 Å². The van der Waals surface area contributed by atoms with Crippen LogP contribution >= 0.6 is 0 Å². The third-order valence-corrected chi connectivity index (χ3v) is 6.78. The number of carbonyl (C=O) groups is 2. The zero-order valence-corrected chi connectivity index (χ0v) is 14.5. The minimum absolute atomic E-state index is 0.0452. The lowest BCUT2D eigenvalue weighted by Crippen LogP contribution is -2.57. The van der Waals surface area contributed by atoms with Crippen molar-refractivity contribution in [2.75, 3.05) is 0 Å². The summed E-state index contributed by atoms with van der Waals surface area (Å²) in [5.41, 5.74) is 0.181. The van der Waals surface area contributed by atoms with Gasteiger partial charge in [-0.3, -0.25) is 9.59 Å². The van der Waals surface area contributed by atoms with E-state index >= 15 is 0 Å². The highest BCUT2D eigenvalue weighted by Crippen LogP contribution is 2.63. The lowest BCUT2D eigenvalue weighted by molar-refractivity contribution is -0.143. The molecule has 124 valence electrons. The second kappa shape index (κ2) is 4.76. The van der Waals surface area contributed by atoms with Crippen LogP contribution < -0.4 is 0 Å². The summed E-state index contributed by atoms with van der Waals surface area (Å²) >= 11 is 0. The summed E-state index contributed by atoms with van der Waals surface area (Å²) in [5.74, 6) is 0.403. The molecule has 23 heavy (non-hydrogen) atoms. The summed E-state index contributed by atoms with van der Waals surface area (Å²) in [5, 5.41) is 11.4. The molecule has 0 spiro atoms. The SMILES string of the molecule is C=CC1=C(C)C(=O)C=C2[C@]1(O)CC[C@@H]1C(C)(C)C(=O)CC[C@@]21C. The zero-order chi connectivity index (χ0) is 17.2. The van der Waals surface area contributed by atoms with Gasteiger partial charge in [0.15, 0.2) is 5.78 Å². The molecule has 2 saturated carbocycles. The molecule has 0 unspecified atom stereocenters. The Balaban J connectivity index is 2.18. The van der Waals surface area contributed by atoms with E-state index in [0.29, 0.717) is 36.2 Å². The van der Waals surface area contributed by atoms with Crippen molar-refractivity contribution in [3.8, 4) is 0 Å². The summed E-state index contributed by atoms with van der Waals surface area (Å²) < 4.78 is 0. The number of hydrogen-bond acceptors (Lipinski definition) is 3. The Morgan fingerprint density at radius 1 is 1.26 bits per heavy atom. The minimum Gasteiger partial charge on any atom is -0.381 e. The molecule has 0 heterocycles. The second-order valence-electron chi connectivity index (χ2n) is 8.18. The number of hydrogen-bond donors (Lipinski definition) is 1. The highest BCUT2D eigenvalue weighted by atomic mass is 16.3. The fourth-order valence-electron chi connectivity index (χ4n) is 5.39. The van der Waals surface area contributed by atoms with Crippen LogP contribution in [0.5, 0.6) is 0 Å². The van der Waals surface area contributed by atoms with E-state index in [0.717, 1.165) is 12.0 Å². The summed E-state index contributed by atoms with van der Waals surface area (Å²) in [4.78, 5) is 24.9. The molecule has 0 aliphatic heterocycles.